The molecule has 2 aromatic carbocycles. The monoisotopic (exact) mass is 496 g/mol. The van der Waals surface area contributed by atoms with Crippen LogP contribution in [0.25, 0.3) is 11.4 Å². The number of aromatic nitrogens is 2. The van der Waals surface area contributed by atoms with Gasteiger partial charge in [-0.05, 0) is 62.1 Å². The molecule has 1 aromatic heterocycles. The summed E-state index contributed by atoms with van der Waals surface area (Å²) in [5.41, 5.74) is 1.26. The number of likely N-dealkylation sites (tertiary alicyclic amines) is 1. The lowest BCUT2D eigenvalue weighted by Crippen LogP contribution is -2.38. The van der Waals surface area contributed by atoms with Crippen LogP contribution in [0.1, 0.15) is 47.8 Å². The number of ether oxygens (including phenoxy) is 1. The minimum atomic E-state index is -3.46. The zero-order valence-corrected chi connectivity index (χ0v) is 20.4. The molecule has 10 heteroatoms. The van der Waals surface area contributed by atoms with Gasteiger partial charge < -0.3 is 14.2 Å². The Morgan fingerprint density at radius 3 is 2.37 bits per heavy atom. The van der Waals surface area contributed by atoms with Crippen molar-refractivity contribution < 1.29 is 22.5 Å². The molecule has 2 fully saturated rings. The second-order valence-corrected chi connectivity index (χ2v) is 10.8. The number of sulfonamides is 1. The van der Waals surface area contributed by atoms with Gasteiger partial charge >= 0.3 is 0 Å². The first-order valence-corrected chi connectivity index (χ1v) is 13.3. The molecule has 5 rings (SSSR count). The van der Waals surface area contributed by atoms with Gasteiger partial charge in [0.05, 0.1) is 17.6 Å². The quantitative estimate of drug-likeness (QED) is 0.514. The maximum Gasteiger partial charge on any atom is 0.257 e. The molecule has 0 saturated carbocycles. The summed E-state index contributed by atoms with van der Waals surface area (Å²) >= 11 is 0. The molecule has 0 unspecified atom stereocenters. The molecule has 0 bridgehead atoms. The fourth-order valence-electron chi connectivity index (χ4n) is 4.69. The van der Waals surface area contributed by atoms with Crippen LogP contribution in [0.4, 0.5) is 0 Å². The number of benzene rings is 2. The zero-order chi connectivity index (χ0) is 24.4. The maximum atomic E-state index is 12.9. The number of para-hydroxylation sites is 1. The van der Waals surface area contributed by atoms with Crippen molar-refractivity contribution in [3.8, 4) is 17.1 Å². The van der Waals surface area contributed by atoms with Crippen molar-refractivity contribution in [2.24, 2.45) is 0 Å². The lowest BCUT2D eigenvalue weighted by atomic mass is 9.96. The van der Waals surface area contributed by atoms with E-state index in [1.54, 1.807) is 43.5 Å². The second kappa shape index (κ2) is 9.79. The van der Waals surface area contributed by atoms with Gasteiger partial charge in [0.25, 0.3) is 5.91 Å². The molecule has 3 aromatic rings. The average molecular weight is 497 g/mol. The van der Waals surface area contributed by atoms with Gasteiger partial charge in [-0.15, -0.1) is 0 Å². The zero-order valence-electron chi connectivity index (χ0n) is 19.6. The number of piperidine rings is 1. The molecule has 0 spiro atoms. The van der Waals surface area contributed by atoms with Crippen LogP contribution in [-0.2, 0) is 10.0 Å². The number of hydrogen-bond acceptors (Lipinski definition) is 7. The minimum Gasteiger partial charge on any atom is -0.496 e. The van der Waals surface area contributed by atoms with Gasteiger partial charge in [-0.25, -0.2) is 8.42 Å². The van der Waals surface area contributed by atoms with Gasteiger partial charge in [0.2, 0.25) is 21.7 Å². The van der Waals surface area contributed by atoms with Crippen LogP contribution >= 0.6 is 0 Å². The summed E-state index contributed by atoms with van der Waals surface area (Å²) in [6.07, 6.45) is 3.23. The Labute approximate surface area is 204 Å². The first kappa shape index (κ1) is 23.5. The third kappa shape index (κ3) is 4.68. The number of carbonyl (C=O) groups excluding carboxylic acids is 1. The summed E-state index contributed by atoms with van der Waals surface area (Å²) in [6, 6.07) is 13.9. The Kier molecular flexibility index (Phi) is 6.57. The van der Waals surface area contributed by atoms with Crippen LogP contribution in [0.5, 0.6) is 5.75 Å². The van der Waals surface area contributed by atoms with Crippen molar-refractivity contribution >= 4 is 15.9 Å². The Morgan fingerprint density at radius 2 is 1.69 bits per heavy atom. The largest absolute Gasteiger partial charge is 0.496 e. The molecule has 0 radical (unpaired) electrons. The van der Waals surface area contributed by atoms with Gasteiger partial charge in [0.15, 0.2) is 0 Å². The molecule has 1 amide bonds. The van der Waals surface area contributed by atoms with Crippen molar-refractivity contribution in [1.82, 2.24) is 19.3 Å². The van der Waals surface area contributed by atoms with Crippen molar-refractivity contribution in [1.29, 1.82) is 0 Å². The van der Waals surface area contributed by atoms with E-state index < -0.39 is 10.0 Å². The Morgan fingerprint density at radius 1 is 1.00 bits per heavy atom. The highest BCUT2D eigenvalue weighted by Crippen LogP contribution is 2.31. The number of hydrogen-bond donors (Lipinski definition) is 0. The average Bonchev–Trinajstić information content (AvgIpc) is 3.62. The van der Waals surface area contributed by atoms with Crippen LogP contribution in [0, 0.1) is 0 Å². The van der Waals surface area contributed by atoms with Crippen molar-refractivity contribution in [3.63, 3.8) is 0 Å². The van der Waals surface area contributed by atoms with Gasteiger partial charge in [-0.1, -0.05) is 17.3 Å². The van der Waals surface area contributed by atoms with E-state index in [1.807, 2.05) is 17.0 Å². The van der Waals surface area contributed by atoms with E-state index in [4.69, 9.17) is 9.26 Å². The molecule has 184 valence electrons. The fraction of sp³-hybridized carbons (Fsp3) is 0.400. The van der Waals surface area contributed by atoms with E-state index in [-0.39, 0.29) is 16.7 Å². The number of methoxy groups -OCH3 is 1. The third-order valence-electron chi connectivity index (χ3n) is 6.73. The lowest BCUT2D eigenvalue weighted by molar-refractivity contribution is 0.0701. The first-order chi connectivity index (χ1) is 17.0. The summed E-state index contributed by atoms with van der Waals surface area (Å²) in [5.74, 6) is 1.56. The van der Waals surface area contributed by atoms with E-state index in [2.05, 4.69) is 10.1 Å². The predicted molar refractivity (Wildman–Crippen MR) is 129 cm³/mol. The highest BCUT2D eigenvalue weighted by atomic mass is 32.2. The van der Waals surface area contributed by atoms with E-state index >= 15 is 0 Å². The van der Waals surface area contributed by atoms with E-state index in [9.17, 15) is 13.2 Å². The molecule has 0 N–H and O–H groups in total. The smallest absolute Gasteiger partial charge is 0.257 e. The summed E-state index contributed by atoms with van der Waals surface area (Å²) < 4.78 is 37.9. The lowest BCUT2D eigenvalue weighted by Gasteiger charge is -2.30. The van der Waals surface area contributed by atoms with Crippen LogP contribution in [-0.4, -0.2) is 67.0 Å². The first-order valence-electron chi connectivity index (χ1n) is 11.8. The Balaban J connectivity index is 1.23. The summed E-state index contributed by atoms with van der Waals surface area (Å²) in [5, 5.41) is 4.11. The number of amides is 1. The SMILES string of the molecule is COc1ccccc1C(=O)N1CCC(c2nc(-c3ccc(S(=O)(=O)N4CCCC4)cc3)no2)CC1. The minimum absolute atomic E-state index is 0.0453. The van der Waals surface area contributed by atoms with Crippen molar-refractivity contribution in [2.75, 3.05) is 33.3 Å². The predicted octanol–water partition coefficient (Wildman–Crippen LogP) is 3.55. The Hall–Kier alpha value is -3.24. The van der Waals surface area contributed by atoms with Crippen molar-refractivity contribution in [3.05, 3.63) is 60.0 Å². The third-order valence-corrected chi connectivity index (χ3v) is 8.64. The van der Waals surface area contributed by atoms with Crippen molar-refractivity contribution in [2.45, 2.75) is 36.5 Å². The van der Waals surface area contributed by atoms with Gasteiger partial charge in [-0.3, -0.25) is 4.79 Å². The molecule has 0 aliphatic carbocycles. The van der Waals surface area contributed by atoms with E-state index in [1.165, 1.54) is 4.31 Å². The number of rotatable bonds is 6. The summed E-state index contributed by atoms with van der Waals surface area (Å²) in [6.45, 7) is 2.31. The molecule has 3 heterocycles. The fourth-order valence-corrected chi connectivity index (χ4v) is 6.21. The standard InChI is InChI=1S/C25H28N4O5S/c1-33-22-7-3-2-6-21(22)25(30)28-16-12-19(13-17-28)24-26-23(27-34-24)18-8-10-20(11-9-18)35(31,32)29-14-4-5-15-29/h2-3,6-11,19H,4-5,12-17H2,1H3. The topological polar surface area (TPSA) is 106 Å². The number of nitrogens with zero attached hydrogens (tertiary/aromatic N) is 4. The molecule has 2 aliphatic rings. The highest BCUT2D eigenvalue weighted by molar-refractivity contribution is 7.89. The normalized spacial score (nSPS) is 17.6. The Bertz CT molecular complexity index is 1290. The summed E-state index contributed by atoms with van der Waals surface area (Å²) in [7, 11) is -1.90. The van der Waals surface area contributed by atoms with Gasteiger partial charge in [-0.2, -0.15) is 9.29 Å². The molecule has 2 saturated heterocycles. The second-order valence-electron chi connectivity index (χ2n) is 8.86. The maximum absolute atomic E-state index is 12.9. The van der Waals surface area contributed by atoms with E-state index in [0.717, 1.165) is 25.7 Å². The van der Waals surface area contributed by atoms with E-state index in [0.29, 0.717) is 54.8 Å². The molecular formula is C25H28N4O5S. The number of carbonyl (C=O) groups is 1. The molecule has 9 nitrogen and oxygen atoms in total. The van der Waals surface area contributed by atoms with Crippen LogP contribution in [0.15, 0.2) is 57.9 Å². The molecular weight excluding hydrogens is 468 g/mol. The van der Waals surface area contributed by atoms with Gasteiger partial charge in [0, 0.05) is 37.7 Å². The van der Waals surface area contributed by atoms with Gasteiger partial charge in [0.1, 0.15) is 5.75 Å². The van der Waals surface area contributed by atoms with Crippen LogP contribution in [0.3, 0.4) is 0 Å². The summed E-state index contributed by atoms with van der Waals surface area (Å²) in [4.78, 5) is 19.6. The van der Waals surface area contributed by atoms with Crippen LogP contribution in [0.2, 0.25) is 0 Å². The molecule has 35 heavy (non-hydrogen) atoms. The highest BCUT2D eigenvalue weighted by Gasteiger charge is 2.30. The van der Waals surface area contributed by atoms with Crippen LogP contribution < -0.4 is 4.74 Å². The molecule has 2 aliphatic heterocycles. The molecule has 0 atom stereocenters.